The highest BCUT2D eigenvalue weighted by molar-refractivity contribution is 5.29. The van der Waals surface area contributed by atoms with Crippen molar-refractivity contribution in [3.05, 3.63) is 35.1 Å². The van der Waals surface area contributed by atoms with Gasteiger partial charge in [0.05, 0.1) is 11.7 Å². The third kappa shape index (κ3) is 3.02. The minimum absolute atomic E-state index is 0.0792. The highest BCUT2D eigenvalue weighted by Gasteiger charge is 2.36. The lowest BCUT2D eigenvalue weighted by atomic mass is 9.80. The summed E-state index contributed by atoms with van der Waals surface area (Å²) in [4.78, 5) is 0. The number of hydrogen-bond donors (Lipinski definition) is 1. The molecule has 0 saturated heterocycles. The molecule has 1 nitrogen and oxygen atoms in total. The van der Waals surface area contributed by atoms with Crippen molar-refractivity contribution in [1.29, 1.82) is 0 Å². The number of alkyl halides is 3. The Labute approximate surface area is 103 Å². The van der Waals surface area contributed by atoms with E-state index in [9.17, 15) is 22.7 Å². The third-order valence-electron chi connectivity index (χ3n) is 3.26. The van der Waals surface area contributed by atoms with Crippen LogP contribution in [0.25, 0.3) is 0 Å². The predicted molar refractivity (Wildman–Crippen MR) is 60.4 cm³/mol. The first-order chi connectivity index (χ1) is 8.09. The number of halogens is 4. The van der Waals surface area contributed by atoms with Crippen molar-refractivity contribution in [3.8, 4) is 0 Å². The second kappa shape index (κ2) is 4.88. The normalized spacial score (nSPS) is 14.7. The van der Waals surface area contributed by atoms with Gasteiger partial charge in [-0.05, 0) is 29.5 Å². The van der Waals surface area contributed by atoms with Gasteiger partial charge in [-0.3, -0.25) is 0 Å². The lowest BCUT2D eigenvalue weighted by Crippen LogP contribution is -2.21. The largest absolute Gasteiger partial charge is 0.419 e. The molecule has 1 aromatic rings. The quantitative estimate of drug-likeness (QED) is 0.806. The van der Waals surface area contributed by atoms with Crippen LogP contribution < -0.4 is 0 Å². The van der Waals surface area contributed by atoms with Gasteiger partial charge in [-0.1, -0.05) is 26.8 Å². The minimum Gasteiger partial charge on any atom is -0.388 e. The van der Waals surface area contributed by atoms with Gasteiger partial charge in [-0.25, -0.2) is 4.39 Å². The Hall–Kier alpha value is -1.10. The fourth-order valence-corrected chi connectivity index (χ4v) is 1.57. The maximum absolute atomic E-state index is 13.1. The molecular formula is C13H16F4O. The molecule has 0 amide bonds. The van der Waals surface area contributed by atoms with Crippen LogP contribution in [-0.2, 0) is 6.18 Å². The summed E-state index contributed by atoms with van der Waals surface area (Å²) < 4.78 is 50.8. The standard InChI is InChI=1S/C13H16F4O/c1-4-12(2,3)11(18)8-5-6-10(14)9(7-8)13(15,16)17/h5-7,11,18H,4H2,1-3H3. The molecule has 102 valence electrons. The molecule has 0 fully saturated rings. The number of aliphatic hydroxyl groups is 1. The van der Waals surface area contributed by atoms with Crippen molar-refractivity contribution in [2.75, 3.05) is 0 Å². The Morgan fingerprint density at radius 2 is 1.78 bits per heavy atom. The molecule has 0 aliphatic heterocycles. The van der Waals surface area contributed by atoms with Gasteiger partial charge in [0, 0.05) is 0 Å². The summed E-state index contributed by atoms with van der Waals surface area (Å²) in [6, 6.07) is 2.61. The van der Waals surface area contributed by atoms with Gasteiger partial charge in [0.1, 0.15) is 5.82 Å². The van der Waals surface area contributed by atoms with Crippen molar-refractivity contribution in [1.82, 2.24) is 0 Å². The zero-order chi connectivity index (χ0) is 14.1. The Kier molecular flexibility index (Phi) is 4.05. The highest BCUT2D eigenvalue weighted by atomic mass is 19.4. The van der Waals surface area contributed by atoms with Gasteiger partial charge in [0.15, 0.2) is 0 Å². The second-order valence-electron chi connectivity index (χ2n) is 4.98. The number of benzene rings is 1. The van der Waals surface area contributed by atoms with E-state index < -0.39 is 29.1 Å². The average Bonchev–Trinajstić information content (AvgIpc) is 2.27. The molecule has 1 atom stereocenters. The molecule has 0 bridgehead atoms. The van der Waals surface area contributed by atoms with Gasteiger partial charge in [0.2, 0.25) is 0 Å². The monoisotopic (exact) mass is 264 g/mol. The van der Waals surface area contributed by atoms with Crippen LogP contribution in [0.15, 0.2) is 18.2 Å². The van der Waals surface area contributed by atoms with E-state index in [0.29, 0.717) is 12.5 Å². The molecule has 1 N–H and O–H groups in total. The van der Waals surface area contributed by atoms with E-state index in [-0.39, 0.29) is 5.56 Å². The van der Waals surface area contributed by atoms with Gasteiger partial charge in [0.25, 0.3) is 0 Å². The summed E-state index contributed by atoms with van der Waals surface area (Å²) >= 11 is 0. The van der Waals surface area contributed by atoms with E-state index in [1.807, 2.05) is 6.92 Å². The molecule has 18 heavy (non-hydrogen) atoms. The zero-order valence-corrected chi connectivity index (χ0v) is 10.5. The molecular weight excluding hydrogens is 248 g/mol. The zero-order valence-electron chi connectivity index (χ0n) is 10.5. The summed E-state index contributed by atoms with van der Waals surface area (Å²) in [6.45, 7) is 5.32. The molecule has 0 spiro atoms. The number of rotatable bonds is 3. The molecule has 5 heteroatoms. The highest BCUT2D eigenvalue weighted by Crippen LogP contribution is 2.39. The van der Waals surface area contributed by atoms with Gasteiger partial charge >= 0.3 is 6.18 Å². The summed E-state index contributed by atoms with van der Waals surface area (Å²) in [5, 5.41) is 10.0. The molecule has 0 heterocycles. The van der Waals surface area contributed by atoms with E-state index in [1.165, 1.54) is 6.07 Å². The molecule has 1 rings (SSSR count). The van der Waals surface area contributed by atoms with E-state index in [1.54, 1.807) is 13.8 Å². The van der Waals surface area contributed by atoms with Crippen LogP contribution in [0.3, 0.4) is 0 Å². The first-order valence-corrected chi connectivity index (χ1v) is 5.64. The van der Waals surface area contributed by atoms with E-state index >= 15 is 0 Å². The maximum atomic E-state index is 13.1. The average molecular weight is 264 g/mol. The predicted octanol–water partition coefficient (Wildman–Crippen LogP) is 4.31. The van der Waals surface area contributed by atoms with Gasteiger partial charge in [-0.15, -0.1) is 0 Å². The Morgan fingerprint density at radius 1 is 1.22 bits per heavy atom. The molecule has 1 unspecified atom stereocenters. The third-order valence-corrected chi connectivity index (χ3v) is 3.26. The van der Waals surface area contributed by atoms with Crippen LogP contribution in [0.4, 0.5) is 17.6 Å². The minimum atomic E-state index is -4.75. The summed E-state index contributed by atoms with van der Waals surface area (Å²) in [5.74, 6) is -1.33. The Bertz CT molecular complexity index is 423. The first-order valence-electron chi connectivity index (χ1n) is 5.64. The van der Waals surface area contributed by atoms with E-state index in [0.717, 1.165) is 6.07 Å². The van der Waals surface area contributed by atoms with Gasteiger partial charge in [-0.2, -0.15) is 13.2 Å². The molecule has 0 aliphatic carbocycles. The SMILES string of the molecule is CCC(C)(C)C(O)c1ccc(F)c(C(F)(F)F)c1. The lowest BCUT2D eigenvalue weighted by molar-refractivity contribution is -0.140. The van der Waals surface area contributed by atoms with Crippen molar-refractivity contribution in [2.24, 2.45) is 5.41 Å². The van der Waals surface area contributed by atoms with E-state index in [2.05, 4.69) is 0 Å². The molecule has 0 aliphatic rings. The van der Waals surface area contributed by atoms with Crippen LogP contribution in [0.5, 0.6) is 0 Å². The molecule has 0 saturated carbocycles. The fourth-order valence-electron chi connectivity index (χ4n) is 1.57. The van der Waals surface area contributed by atoms with Crippen LogP contribution in [0.2, 0.25) is 0 Å². The summed E-state index contributed by atoms with van der Waals surface area (Å²) in [7, 11) is 0. The van der Waals surface area contributed by atoms with Crippen molar-refractivity contribution in [3.63, 3.8) is 0 Å². The topological polar surface area (TPSA) is 20.2 Å². The van der Waals surface area contributed by atoms with Crippen LogP contribution >= 0.6 is 0 Å². The van der Waals surface area contributed by atoms with Crippen LogP contribution in [0, 0.1) is 11.2 Å². The number of hydrogen-bond acceptors (Lipinski definition) is 1. The molecule has 1 aromatic carbocycles. The fraction of sp³-hybridized carbons (Fsp3) is 0.538. The van der Waals surface area contributed by atoms with Crippen molar-refractivity contribution < 1.29 is 22.7 Å². The summed E-state index contributed by atoms with van der Waals surface area (Å²) in [5.41, 5.74) is -1.83. The lowest BCUT2D eigenvalue weighted by Gasteiger charge is -2.30. The van der Waals surface area contributed by atoms with Crippen molar-refractivity contribution >= 4 is 0 Å². The Morgan fingerprint density at radius 3 is 2.22 bits per heavy atom. The Balaban J connectivity index is 3.21. The summed E-state index contributed by atoms with van der Waals surface area (Å²) in [6.07, 6.45) is -5.23. The number of aliphatic hydroxyl groups excluding tert-OH is 1. The van der Waals surface area contributed by atoms with E-state index in [4.69, 9.17) is 0 Å². The van der Waals surface area contributed by atoms with Crippen molar-refractivity contribution in [2.45, 2.75) is 39.5 Å². The maximum Gasteiger partial charge on any atom is 0.419 e. The molecule has 0 aromatic heterocycles. The smallest absolute Gasteiger partial charge is 0.388 e. The molecule has 0 radical (unpaired) electrons. The first kappa shape index (κ1) is 15.0. The van der Waals surface area contributed by atoms with Crippen LogP contribution in [0.1, 0.15) is 44.4 Å². The van der Waals surface area contributed by atoms with Gasteiger partial charge < -0.3 is 5.11 Å². The second-order valence-corrected chi connectivity index (χ2v) is 4.98. The van der Waals surface area contributed by atoms with Crippen LogP contribution in [-0.4, -0.2) is 5.11 Å².